The van der Waals surface area contributed by atoms with Gasteiger partial charge in [-0.25, -0.2) is 8.42 Å². The Balaban J connectivity index is 1.55. The largest absolute Gasteiger partial charge is 0.368 e. The van der Waals surface area contributed by atoms with Gasteiger partial charge in [0.2, 0.25) is 5.91 Å². The Morgan fingerprint density at radius 2 is 1.79 bits per heavy atom. The summed E-state index contributed by atoms with van der Waals surface area (Å²) in [6.45, 7) is 6.88. The predicted molar refractivity (Wildman–Crippen MR) is 93.5 cm³/mol. The summed E-state index contributed by atoms with van der Waals surface area (Å²) in [6.07, 6.45) is 1.93. The van der Waals surface area contributed by atoms with Gasteiger partial charge >= 0.3 is 0 Å². The molecule has 0 radical (unpaired) electrons. The monoisotopic (exact) mass is 349 g/mol. The van der Waals surface area contributed by atoms with Gasteiger partial charge in [0.05, 0.1) is 5.75 Å². The lowest BCUT2D eigenvalue weighted by Gasteiger charge is -2.36. The van der Waals surface area contributed by atoms with Gasteiger partial charge in [-0.1, -0.05) is 6.08 Å². The van der Waals surface area contributed by atoms with Crippen LogP contribution in [0.5, 0.6) is 0 Å². The number of carbonyl (C=O) groups is 1. The number of hydrogen-bond acceptors (Lipinski definition) is 5. The summed E-state index contributed by atoms with van der Waals surface area (Å²) < 4.78 is 22.9. The molecule has 1 amide bonds. The maximum atomic E-state index is 12.4. The zero-order valence-corrected chi connectivity index (χ0v) is 14.9. The highest BCUT2D eigenvalue weighted by molar-refractivity contribution is 7.94. The predicted octanol–water partition coefficient (Wildman–Crippen LogP) is 1.30. The minimum absolute atomic E-state index is 0.0449. The van der Waals surface area contributed by atoms with Gasteiger partial charge in [-0.2, -0.15) is 0 Å². The van der Waals surface area contributed by atoms with Crippen LogP contribution in [-0.2, 0) is 14.6 Å². The summed E-state index contributed by atoms with van der Waals surface area (Å²) in [5.74, 6) is -0.0663. The Morgan fingerprint density at radius 1 is 1.17 bits per heavy atom. The molecule has 2 aliphatic rings. The van der Waals surface area contributed by atoms with E-state index in [2.05, 4.69) is 22.0 Å². The van der Waals surface area contributed by atoms with Crippen molar-refractivity contribution < 1.29 is 13.2 Å². The average Bonchev–Trinajstić information content (AvgIpc) is 2.85. The Bertz CT molecular complexity index is 745. The lowest BCUT2D eigenvalue weighted by atomic mass is 10.1. The number of rotatable bonds is 3. The van der Waals surface area contributed by atoms with Crippen molar-refractivity contribution in [2.24, 2.45) is 5.92 Å². The van der Waals surface area contributed by atoms with Crippen LogP contribution in [0.15, 0.2) is 23.6 Å². The minimum Gasteiger partial charge on any atom is -0.368 e. The van der Waals surface area contributed by atoms with Crippen LogP contribution in [-0.4, -0.2) is 56.1 Å². The first-order valence-electron chi connectivity index (χ1n) is 8.21. The van der Waals surface area contributed by atoms with Crippen LogP contribution in [0.1, 0.15) is 17.8 Å². The van der Waals surface area contributed by atoms with Crippen molar-refractivity contribution >= 4 is 21.4 Å². The first-order valence-corrected chi connectivity index (χ1v) is 9.93. The fraction of sp³-hybridized carbons (Fsp3) is 0.529. The molecule has 7 heteroatoms. The summed E-state index contributed by atoms with van der Waals surface area (Å²) in [7, 11) is -3.09. The average molecular weight is 349 g/mol. The molecule has 2 aliphatic heterocycles. The Labute approximate surface area is 143 Å². The van der Waals surface area contributed by atoms with Gasteiger partial charge in [-0.15, -0.1) is 0 Å². The van der Waals surface area contributed by atoms with Crippen LogP contribution >= 0.6 is 0 Å². The zero-order chi connectivity index (χ0) is 17.3. The molecular formula is C17H23N3O3S. The van der Waals surface area contributed by atoms with Gasteiger partial charge in [-0.05, 0) is 26.0 Å². The van der Waals surface area contributed by atoms with E-state index in [1.54, 1.807) is 6.08 Å². The van der Waals surface area contributed by atoms with Crippen molar-refractivity contribution in [1.82, 2.24) is 9.88 Å². The van der Waals surface area contributed by atoms with Gasteiger partial charge < -0.3 is 9.80 Å². The summed E-state index contributed by atoms with van der Waals surface area (Å²) in [6, 6.07) is 4.14. The molecule has 3 rings (SSSR count). The van der Waals surface area contributed by atoms with Crippen LogP contribution < -0.4 is 4.90 Å². The zero-order valence-electron chi connectivity index (χ0n) is 14.1. The standard InChI is InChI=1S/C17H23N3O3S/c1-13-9-16(10-14(2)18-13)19-4-6-20(7-5-19)17(21)11-15-3-8-24(22,23)12-15/h3,8-10,15H,4-7,11-12H2,1-2H3/t15-/m0/s1. The van der Waals surface area contributed by atoms with Crippen LogP contribution in [0.4, 0.5) is 5.69 Å². The molecule has 0 aromatic carbocycles. The molecule has 130 valence electrons. The molecule has 0 unspecified atom stereocenters. The summed E-state index contributed by atoms with van der Waals surface area (Å²) in [4.78, 5) is 20.9. The van der Waals surface area contributed by atoms with Crippen LogP contribution in [0.3, 0.4) is 0 Å². The SMILES string of the molecule is Cc1cc(N2CCN(C(=O)C[C@@H]3C=CS(=O)(=O)C3)CC2)cc(C)n1. The summed E-state index contributed by atoms with van der Waals surface area (Å²) >= 11 is 0. The molecule has 1 aromatic rings. The number of carbonyl (C=O) groups excluding carboxylic acids is 1. The van der Waals surface area contributed by atoms with Crippen LogP contribution in [0, 0.1) is 19.8 Å². The van der Waals surface area contributed by atoms with E-state index in [0.29, 0.717) is 13.1 Å². The highest BCUT2D eigenvalue weighted by Crippen LogP contribution is 2.21. The van der Waals surface area contributed by atoms with Crippen molar-refractivity contribution in [3.05, 3.63) is 35.0 Å². The third kappa shape index (κ3) is 3.95. The van der Waals surface area contributed by atoms with E-state index in [9.17, 15) is 13.2 Å². The Kier molecular flexibility index (Phi) is 4.62. The number of anilines is 1. The molecule has 24 heavy (non-hydrogen) atoms. The van der Waals surface area contributed by atoms with Gasteiger partial charge in [0.25, 0.3) is 0 Å². The first-order chi connectivity index (χ1) is 11.3. The highest BCUT2D eigenvalue weighted by atomic mass is 32.2. The highest BCUT2D eigenvalue weighted by Gasteiger charge is 2.27. The number of pyridine rings is 1. The third-order valence-electron chi connectivity index (χ3n) is 4.51. The Morgan fingerprint density at radius 3 is 2.33 bits per heavy atom. The molecule has 1 atom stereocenters. The number of nitrogens with zero attached hydrogens (tertiary/aromatic N) is 3. The fourth-order valence-corrected chi connectivity index (χ4v) is 4.73. The number of hydrogen-bond donors (Lipinski definition) is 0. The normalized spacial score (nSPS) is 22.8. The maximum absolute atomic E-state index is 12.4. The van der Waals surface area contributed by atoms with E-state index in [1.807, 2.05) is 18.7 Å². The molecule has 1 saturated heterocycles. The lowest BCUT2D eigenvalue weighted by molar-refractivity contribution is -0.132. The Hall–Kier alpha value is -1.89. The van der Waals surface area contributed by atoms with E-state index in [0.717, 1.165) is 30.2 Å². The molecular weight excluding hydrogens is 326 g/mol. The molecule has 0 N–H and O–H groups in total. The second-order valence-electron chi connectivity index (χ2n) is 6.60. The number of aryl methyl sites for hydroxylation is 2. The van der Waals surface area contributed by atoms with Gasteiger partial charge in [0.15, 0.2) is 9.84 Å². The molecule has 0 saturated carbocycles. The smallest absolute Gasteiger partial charge is 0.223 e. The number of allylic oxidation sites excluding steroid dienone is 1. The molecule has 6 nitrogen and oxygen atoms in total. The second kappa shape index (κ2) is 6.55. The third-order valence-corrected chi connectivity index (χ3v) is 5.97. The number of amides is 1. The number of aromatic nitrogens is 1. The van der Waals surface area contributed by atoms with Crippen molar-refractivity contribution in [3.63, 3.8) is 0 Å². The van der Waals surface area contributed by atoms with E-state index < -0.39 is 9.84 Å². The lowest BCUT2D eigenvalue weighted by Crippen LogP contribution is -2.49. The van der Waals surface area contributed by atoms with Crippen molar-refractivity contribution in [3.8, 4) is 0 Å². The minimum atomic E-state index is -3.09. The van der Waals surface area contributed by atoms with Crippen LogP contribution in [0.25, 0.3) is 0 Å². The van der Waals surface area contributed by atoms with Crippen LogP contribution in [0.2, 0.25) is 0 Å². The second-order valence-corrected chi connectivity index (χ2v) is 8.53. The van der Waals surface area contributed by atoms with E-state index >= 15 is 0 Å². The van der Waals surface area contributed by atoms with Crippen molar-refractivity contribution in [2.75, 3.05) is 36.8 Å². The van der Waals surface area contributed by atoms with Gasteiger partial charge in [0.1, 0.15) is 0 Å². The number of piperazine rings is 1. The van der Waals surface area contributed by atoms with Gasteiger partial charge in [0, 0.05) is 61.0 Å². The molecule has 0 bridgehead atoms. The molecule has 0 spiro atoms. The van der Waals surface area contributed by atoms with Gasteiger partial charge in [-0.3, -0.25) is 9.78 Å². The number of sulfone groups is 1. The molecule has 0 aliphatic carbocycles. The van der Waals surface area contributed by atoms with Crippen molar-refractivity contribution in [1.29, 1.82) is 0 Å². The van der Waals surface area contributed by atoms with E-state index in [-0.39, 0.29) is 24.0 Å². The summed E-state index contributed by atoms with van der Waals surface area (Å²) in [5.41, 5.74) is 3.15. The first kappa shape index (κ1) is 17.0. The van der Waals surface area contributed by atoms with Crippen molar-refractivity contribution in [2.45, 2.75) is 20.3 Å². The summed E-state index contributed by atoms with van der Waals surface area (Å²) in [5, 5.41) is 1.23. The van der Waals surface area contributed by atoms with E-state index in [4.69, 9.17) is 0 Å². The maximum Gasteiger partial charge on any atom is 0.223 e. The quantitative estimate of drug-likeness (QED) is 0.822. The molecule has 3 heterocycles. The molecule has 1 aromatic heterocycles. The topological polar surface area (TPSA) is 70.6 Å². The fourth-order valence-electron chi connectivity index (χ4n) is 3.33. The molecule has 1 fully saturated rings. The van der Waals surface area contributed by atoms with E-state index in [1.165, 1.54) is 5.41 Å².